The van der Waals surface area contributed by atoms with Crippen LogP contribution in [0.25, 0.3) is 0 Å². The van der Waals surface area contributed by atoms with Crippen LogP contribution in [-0.2, 0) is 15.0 Å². The van der Waals surface area contributed by atoms with E-state index in [4.69, 9.17) is 5.73 Å². The van der Waals surface area contributed by atoms with Crippen LogP contribution in [0.1, 0.15) is 48.8 Å². The van der Waals surface area contributed by atoms with Crippen molar-refractivity contribution in [2.24, 2.45) is 22.1 Å². The first kappa shape index (κ1) is 29.9. The number of piperidine rings is 1. The van der Waals surface area contributed by atoms with E-state index < -0.39 is 40.2 Å². The zero-order chi connectivity index (χ0) is 30.8. The molecule has 1 saturated heterocycles. The van der Waals surface area contributed by atoms with Crippen molar-refractivity contribution in [3.63, 3.8) is 0 Å². The van der Waals surface area contributed by atoms with Crippen LogP contribution >= 0.6 is 0 Å². The molecule has 0 spiro atoms. The molecule has 0 aromatic heterocycles. The molecular weight excluding hydrogens is 548 g/mol. The summed E-state index contributed by atoms with van der Waals surface area (Å²) in [5, 5.41) is 32.6. The maximum Gasteiger partial charge on any atom is 0.314 e. The molecule has 4 unspecified atom stereocenters. The molecule has 0 amide bonds. The number of nitrogens with two attached hydrogens (primary N) is 1. The SMILES string of the molecule is CC1N=C(N)C(C(=O)O)C(c2cccc([N+](=O)[O-])c2)C1(CCN1CCC(c2ccccc2)(c2ccccc2)CC1)C(=O)O. The van der Waals surface area contributed by atoms with Gasteiger partial charge >= 0.3 is 11.9 Å². The number of benzene rings is 3. The van der Waals surface area contributed by atoms with Crippen molar-refractivity contribution in [1.29, 1.82) is 0 Å². The molecule has 2 aliphatic rings. The zero-order valence-corrected chi connectivity index (χ0v) is 24.0. The van der Waals surface area contributed by atoms with Crippen LogP contribution in [0.3, 0.4) is 0 Å². The Morgan fingerprint density at radius 1 is 0.977 bits per heavy atom. The van der Waals surface area contributed by atoms with Gasteiger partial charge in [0.2, 0.25) is 0 Å². The molecule has 0 aliphatic carbocycles. The van der Waals surface area contributed by atoms with Gasteiger partial charge in [-0.1, -0.05) is 72.8 Å². The van der Waals surface area contributed by atoms with Gasteiger partial charge in [-0.25, -0.2) is 0 Å². The molecule has 2 heterocycles. The largest absolute Gasteiger partial charge is 0.481 e. The van der Waals surface area contributed by atoms with Gasteiger partial charge in [-0.15, -0.1) is 0 Å². The number of hydrogen-bond acceptors (Lipinski definition) is 7. The van der Waals surface area contributed by atoms with Crippen molar-refractivity contribution in [2.75, 3.05) is 19.6 Å². The maximum atomic E-state index is 13.3. The summed E-state index contributed by atoms with van der Waals surface area (Å²) >= 11 is 0. The molecule has 1 fully saturated rings. The molecule has 10 heteroatoms. The highest BCUT2D eigenvalue weighted by Crippen LogP contribution is 2.52. The lowest BCUT2D eigenvalue weighted by Gasteiger charge is -2.48. The van der Waals surface area contributed by atoms with E-state index in [1.54, 1.807) is 13.0 Å². The van der Waals surface area contributed by atoms with Crippen LogP contribution in [-0.4, -0.2) is 63.5 Å². The van der Waals surface area contributed by atoms with Gasteiger partial charge in [0, 0.05) is 23.5 Å². The highest BCUT2D eigenvalue weighted by molar-refractivity contribution is 6.02. The van der Waals surface area contributed by atoms with E-state index in [1.807, 2.05) is 36.4 Å². The van der Waals surface area contributed by atoms with Crippen LogP contribution in [0.4, 0.5) is 5.69 Å². The van der Waals surface area contributed by atoms with Gasteiger partial charge in [-0.05, 0) is 62.5 Å². The second kappa shape index (κ2) is 12.0. The minimum absolute atomic E-state index is 0.0983. The van der Waals surface area contributed by atoms with Crippen molar-refractivity contribution in [3.8, 4) is 0 Å². The van der Waals surface area contributed by atoms with Crippen LogP contribution < -0.4 is 5.73 Å². The first-order valence-corrected chi connectivity index (χ1v) is 14.5. The summed E-state index contributed by atoms with van der Waals surface area (Å²) < 4.78 is 0. The Morgan fingerprint density at radius 3 is 2.07 bits per heavy atom. The number of non-ortho nitro benzene ring substituents is 1. The Morgan fingerprint density at radius 2 is 1.56 bits per heavy atom. The molecule has 3 aromatic carbocycles. The molecule has 10 nitrogen and oxygen atoms in total. The van der Waals surface area contributed by atoms with Gasteiger partial charge < -0.3 is 20.8 Å². The average molecular weight is 585 g/mol. The van der Waals surface area contributed by atoms with Crippen molar-refractivity contribution in [3.05, 3.63) is 112 Å². The molecule has 5 rings (SSSR count). The normalized spacial score (nSPS) is 25.4. The third-order valence-corrected chi connectivity index (χ3v) is 9.60. The van der Waals surface area contributed by atoms with E-state index in [0.717, 1.165) is 12.8 Å². The Hall–Kier alpha value is -4.57. The van der Waals surface area contributed by atoms with E-state index in [1.165, 1.54) is 29.3 Å². The van der Waals surface area contributed by atoms with Gasteiger partial charge in [0.1, 0.15) is 11.8 Å². The summed E-state index contributed by atoms with van der Waals surface area (Å²) in [6.07, 6.45) is 1.75. The van der Waals surface area contributed by atoms with Crippen LogP contribution in [0.5, 0.6) is 0 Å². The molecule has 4 N–H and O–H groups in total. The number of likely N-dealkylation sites (tertiary alicyclic amines) is 1. The van der Waals surface area contributed by atoms with E-state index >= 15 is 0 Å². The molecule has 3 aromatic rings. The number of carbonyl (C=O) groups is 2. The van der Waals surface area contributed by atoms with E-state index in [9.17, 15) is 29.9 Å². The van der Waals surface area contributed by atoms with Crippen molar-refractivity contribution < 1.29 is 24.7 Å². The molecule has 4 atom stereocenters. The smallest absolute Gasteiger partial charge is 0.314 e. The summed E-state index contributed by atoms with van der Waals surface area (Å²) in [6.45, 7) is 3.45. The number of aliphatic imine (C=N–C) groups is 1. The Bertz CT molecular complexity index is 1480. The number of rotatable bonds is 9. The standard InChI is InChI=1S/C33H36N4O6/c1-22-33(31(40)41,28(27(30(38)39)29(34)35-22)23-9-8-14-26(21-23)37(42)43)17-20-36-18-15-32(16-19-36,24-10-4-2-5-11-24)25-12-6-3-7-13-25/h2-14,21-22,27-28H,15-20H2,1H3,(H2,34,35)(H,38,39)(H,40,41). The van der Waals surface area contributed by atoms with Gasteiger partial charge in [0.15, 0.2) is 0 Å². The number of nitrogens with zero attached hydrogens (tertiary/aromatic N) is 3. The predicted molar refractivity (Wildman–Crippen MR) is 162 cm³/mol. The molecule has 43 heavy (non-hydrogen) atoms. The molecule has 0 bridgehead atoms. The Kier molecular flexibility index (Phi) is 8.32. The Labute approximate surface area is 250 Å². The van der Waals surface area contributed by atoms with Crippen LogP contribution in [0.15, 0.2) is 89.9 Å². The fraction of sp³-hybridized carbons (Fsp3) is 0.364. The number of hydrogen-bond donors (Lipinski definition) is 3. The molecule has 0 saturated carbocycles. The molecular formula is C33H36N4O6. The fourth-order valence-electron chi connectivity index (χ4n) is 7.28. The second-order valence-corrected chi connectivity index (χ2v) is 11.6. The fourth-order valence-corrected chi connectivity index (χ4v) is 7.28. The first-order valence-electron chi connectivity index (χ1n) is 14.5. The highest BCUT2D eigenvalue weighted by Gasteiger charge is 2.59. The summed E-state index contributed by atoms with van der Waals surface area (Å²) in [4.78, 5) is 43.4. The van der Waals surface area contributed by atoms with Gasteiger partial charge in [0.25, 0.3) is 5.69 Å². The van der Waals surface area contributed by atoms with Gasteiger partial charge in [-0.3, -0.25) is 24.7 Å². The lowest BCUT2D eigenvalue weighted by atomic mass is 9.59. The molecule has 224 valence electrons. The first-order chi connectivity index (χ1) is 20.6. The highest BCUT2D eigenvalue weighted by atomic mass is 16.6. The number of aliphatic carboxylic acids is 2. The van der Waals surface area contributed by atoms with Crippen LogP contribution in [0.2, 0.25) is 0 Å². The number of nitro groups is 1. The quantitative estimate of drug-likeness (QED) is 0.241. The third-order valence-electron chi connectivity index (χ3n) is 9.60. The van der Waals surface area contributed by atoms with E-state index in [2.05, 4.69) is 34.2 Å². The summed E-state index contributed by atoms with van der Waals surface area (Å²) in [5.74, 6) is -5.29. The minimum atomic E-state index is -1.66. The summed E-state index contributed by atoms with van der Waals surface area (Å²) in [7, 11) is 0. The maximum absolute atomic E-state index is 13.3. The van der Waals surface area contributed by atoms with Crippen LogP contribution in [0, 0.1) is 21.4 Å². The number of nitro benzene ring substituents is 1. The summed E-state index contributed by atoms with van der Waals surface area (Å²) in [6, 6.07) is 25.5. The zero-order valence-electron chi connectivity index (χ0n) is 24.0. The van der Waals surface area contributed by atoms with E-state index in [0.29, 0.717) is 19.6 Å². The lowest BCUT2D eigenvalue weighted by molar-refractivity contribution is -0.385. The van der Waals surface area contributed by atoms with Crippen molar-refractivity contribution in [2.45, 2.75) is 43.6 Å². The Balaban J connectivity index is 1.47. The molecule has 2 aliphatic heterocycles. The molecule has 0 radical (unpaired) electrons. The van der Waals surface area contributed by atoms with Crippen molar-refractivity contribution >= 4 is 23.5 Å². The minimum Gasteiger partial charge on any atom is -0.481 e. The average Bonchev–Trinajstić information content (AvgIpc) is 3.01. The lowest BCUT2D eigenvalue weighted by Crippen LogP contribution is -2.57. The van der Waals surface area contributed by atoms with Gasteiger partial charge in [0.05, 0.1) is 16.4 Å². The van der Waals surface area contributed by atoms with E-state index in [-0.39, 0.29) is 28.9 Å². The predicted octanol–water partition coefficient (Wildman–Crippen LogP) is 4.68. The summed E-state index contributed by atoms with van der Waals surface area (Å²) in [5.41, 5.74) is 6.77. The number of amidine groups is 1. The second-order valence-electron chi connectivity index (χ2n) is 11.6. The monoisotopic (exact) mass is 584 g/mol. The van der Waals surface area contributed by atoms with Crippen molar-refractivity contribution in [1.82, 2.24) is 4.90 Å². The number of carboxylic acid groups (broad SMARTS) is 2. The number of carboxylic acids is 2. The topological polar surface area (TPSA) is 159 Å². The van der Waals surface area contributed by atoms with Gasteiger partial charge in [-0.2, -0.15) is 0 Å². The third kappa shape index (κ3) is 5.38.